The van der Waals surface area contributed by atoms with E-state index in [0.717, 1.165) is 11.3 Å². The number of nitrogens with one attached hydrogen (secondary N) is 1. The van der Waals surface area contributed by atoms with Gasteiger partial charge in [0, 0.05) is 9.35 Å². The molecule has 3 aromatic rings. The van der Waals surface area contributed by atoms with Gasteiger partial charge >= 0.3 is 0 Å². The number of H-pyrrole nitrogens is 1. The van der Waals surface area contributed by atoms with Crippen LogP contribution in [0.15, 0.2) is 33.8 Å². The second-order valence-electron chi connectivity index (χ2n) is 3.80. The Bertz CT molecular complexity index is 820. The molecule has 0 fully saturated rings. The Hall–Kier alpha value is -1.60. The molecule has 3 rings (SSSR count). The van der Waals surface area contributed by atoms with Crippen molar-refractivity contribution >= 4 is 37.5 Å². The van der Waals surface area contributed by atoms with Crippen LogP contribution in [-0.2, 0) is 0 Å². The Morgan fingerprint density at radius 2 is 1.89 bits per heavy atom. The van der Waals surface area contributed by atoms with Gasteiger partial charge in [0.15, 0.2) is 0 Å². The SMILES string of the molecule is O=c1[nH]cnc2cc(-c3c(F)cc(Br)cc3F)sc12. The highest BCUT2D eigenvalue weighted by molar-refractivity contribution is 9.10. The molecule has 0 aliphatic rings. The van der Waals surface area contributed by atoms with Crippen LogP contribution < -0.4 is 5.56 Å². The maximum Gasteiger partial charge on any atom is 0.268 e. The van der Waals surface area contributed by atoms with Crippen molar-refractivity contribution in [1.82, 2.24) is 9.97 Å². The molecule has 2 heterocycles. The molecule has 0 aliphatic heterocycles. The molecule has 0 aliphatic carbocycles. The van der Waals surface area contributed by atoms with E-state index in [4.69, 9.17) is 0 Å². The topological polar surface area (TPSA) is 45.8 Å². The minimum Gasteiger partial charge on any atom is -0.312 e. The number of benzene rings is 1. The molecule has 0 spiro atoms. The summed E-state index contributed by atoms with van der Waals surface area (Å²) in [6.45, 7) is 0. The molecule has 7 heteroatoms. The van der Waals surface area contributed by atoms with Gasteiger partial charge in [0.1, 0.15) is 16.3 Å². The van der Waals surface area contributed by atoms with Crippen molar-refractivity contribution in [2.24, 2.45) is 0 Å². The summed E-state index contributed by atoms with van der Waals surface area (Å²) in [6, 6.07) is 3.87. The lowest BCUT2D eigenvalue weighted by Crippen LogP contribution is -2.02. The molecule has 19 heavy (non-hydrogen) atoms. The molecular weight excluding hydrogens is 338 g/mol. The van der Waals surface area contributed by atoms with Crippen LogP contribution in [0.25, 0.3) is 20.7 Å². The smallest absolute Gasteiger partial charge is 0.268 e. The normalized spacial score (nSPS) is 11.1. The molecular formula is C12H5BrF2N2OS. The van der Waals surface area contributed by atoms with Crippen molar-refractivity contribution in [3.63, 3.8) is 0 Å². The summed E-state index contributed by atoms with van der Waals surface area (Å²) in [5.41, 5.74) is -0.0461. The lowest BCUT2D eigenvalue weighted by molar-refractivity contribution is 0.589. The molecule has 0 radical (unpaired) electrons. The predicted molar refractivity (Wildman–Crippen MR) is 73.3 cm³/mol. The number of aromatic amines is 1. The first-order chi connectivity index (χ1) is 9.06. The molecule has 0 bridgehead atoms. The van der Waals surface area contributed by atoms with Gasteiger partial charge in [0.2, 0.25) is 0 Å². The van der Waals surface area contributed by atoms with E-state index in [2.05, 4.69) is 25.9 Å². The van der Waals surface area contributed by atoms with Crippen LogP contribution in [0, 0.1) is 11.6 Å². The van der Waals surface area contributed by atoms with E-state index in [1.165, 1.54) is 24.5 Å². The predicted octanol–water partition coefficient (Wildman–Crippen LogP) is 3.69. The molecule has 0 unspecified atom stereocenters. The molecule has 1 aromatic carbocycles. The molecule has 0 saturated heterocycles. The van der Waals surface area contributed by atoms with Crippen LogP contribution in [0.1, 0.15) is 0 Å². The van der Waals surface area contributed by atoms with Gasteiger partial charge in [-0.1, -0.05) is 15.9 Å². The maximum atomic E-state index is 13.9. The Morgan fingerprint density at radius 1 is 1.21 bits per heavy atom. The van der Waals surface area contributed by atoms with E-state index in [9.17, 15) is 13.6 Å². The third kappa shape index (κ3) is 2.08. The fraction of sp³-hybridized carbons (Fsp3) is 0. The summed E-state index contributed by atoms with van der Waals surface area (Å²) >= 11 is 4.03. The highest BCUT2D eigenvalue weighted by Crippen LogP contribution is 2.35. The first kappa shape index (κ1) is 12.4. The third-order valence-corrected chi connectivity index (χ3v) is 4.17. The first-order valence-electron chi connectivity index (χ1n) is 5.18. The van der Waals surface area contributed by atoms with E-state index in [-0.39, 0.29) is 11.1 Å². The van der Waals surface area contributed by atoms with E-state index in [1.807, 2.05) is 0 Å². The van der Waals surface area contributed by atoms with Crippen molar-refractivity contribution < 1.29 is 8.78 Å². The molecule has 0 atom stereocenters. The van der Waals surface area contributed by atoms with Gasteiger partial charge in [0.05, 0.1) is 17.4 Å². The molecule has 96 valence electrons. The van der Waals surface area contributed by atoms with E-state index in [0.29, 0.717) is 19.6 Å². The summed E-state index contributed by atoms with van der Waals surface area (Å²) in [5.74, 6) is -1.37. The van der Waals surface area contributed by atoms with Gasteiger partial charge in [-0.25, -0.2) is 13.8 Å². The van der Waals surface area contributed by atoms with Gasteiger partial charge in [-0.05, 0) is 18.2 Å². The summed E-state index contributed by atoms with van der Waals surface area (Å²) in [6.07, 6.45) is 1.26. The number of aromatic nitrogens is 2. The Morgan fingerprint density at radius 3 is 2.53 bits per heavy atom. The van der Waals surface area contributed by atoms with Crippen molar-refractivity contribution in [2.75, 3.05) is 0 Å². The van der Waals surface area contributed by atoms with E-state index >= 15 is 0 Å². The van der Waals surface area contributed by atoms with Gasteiger partial charge in [0.25, 0.3) is 5.56 Å². The Labute approximate surface area is 118 Å². The second kappa shape index (κ2) is 4.50. The quantitative estimate of drug-likeness (QED) is 0.732. The number of nitrogens with zero attached hydrogens (tertiary/aromatic N) is 1. The first-order valence-corrected chi connectivity index (χ1v) is 6.79. The molecule has 2 aromatic heterocycles. The fourth-order valence-corrected chi connectivity index (χ4v) is 3.22. The highest BCUT2D eigenvalue weighted by atomic mass is 79.9. The van der Waals surface area contributed by atoms with Crippen LogP contribution >= 0.6 is 27.3 Å². The average molecular weight is 343 g/mol. The van der Waals surface area contributed by atoms with Gasteiger partial charge in [-0.3, -0.25) is 4.79 Å². The number of halogens is 3. The lowest BCUT2D eigenvalue weighted by atomic mass is 10.1. The van der Waals surface area contributed by atoms with Gasteiger partial charge in [-0.2, -0.15) is 0 Å². The molecule has 0 amide bonds. The average Bonchev–Trinajstić information content (AvgIpc) is 2.72. The van der Waals surface area contributed by atoms with Crippen LogP contribution in [0.4, 0.5) is 8.78 Å². The summed E-state index contributed by atoms with van der Waals surface area (Å²) in [4.78, 5) is 18.3. The van der Waals surface area contributed by atoms with Crippen LogP contribution in [0.5, 0.6) is 0 Å². The number of rotatable bonds is 1. The number of thiophene rings is 1. The van der Waals surface area contributed by atoms with Crippen molar-refractivity contribution in [3.8, 4) is 10.4 Å². The zero-order valence-electron chi connectivity index (χ0n) is 9.21. The zero-order chi connectivity index (χ0) is 13.6. The molecule has 1 N–H and O–H groups in total. The third-order valence-electron chi connectivity index (χ3n) is 2.57. The van der Waals surface area contributed by atoms with Crippen LogP contribution in [0.3, 0.4) is 0 Å². The summed E-state index contributed by atoms with van der Waals surface area (Å²) < 4.78 is 28.4. The maximum absolute atomic E-state index is 13.9. The van der Waals surface area contributed by atoms with E-state index in [1.54, 1.807) is 0 Å². The van der Waals surface area contributed by atoms with Gasteiger partial charge < -0.3 is 4.98 Å². The number of hydrogen-bond acceptors (Lipinski definition) is 3. The van der Waals surface area contributed by atoms with Crippen molar-refractivity contribution in [2.45, 2.75) is 0 Å². The highest BCUT2D eigenvalue weighted by Gasteiger charge is 2.16. The van der Waals surface area contributed by atoms with E-state index < -0.39 is 11.6 Å². The number of fused-ring (bicyclic) bond motifs is 1. The minimum atomic E-state index is -0.685. The van der Waals surface area contributed by atoms with Crippen molar-refractivity contribution in [3.05, 3.63) is 51.0 Å². The second-order valence-corrected chi connectivity index (χ2v) is 5.77. The minimum absolute atomic E-state index is 0.148. The lowest BCUT2D eigenvalue weighted by Gasteiger charge is -2.02. The summed E-state index contributed by atoms with van der Waals surface area (Å²) in [7, 11) is 0. The fourth-order valence-electron chi connectivity index (χ4n) is 1.77. The monoisotopic (exact) mass is 342 g/mol. The Kier molecular flexibility index (Phi) is 2.94. The van der Waals surface area contributed by atoms with Gasteiger partial charge in [-0.15, -0.1) is 11.3 Å². The molecule has 3 nitrogen and oxygen atoms in total. The molecule has 0 saturated carbocycles. The Balaban J connectivity index is 2.31. The van der Waals surface area contributed by atoms with Crippen LogP contribution in [-0.4, -0.2) is 9.97 Å². The van der Waals surface area contributed by atoms with Crippen LogP contribution in [0.2, 0.25) is 0 Å². The van der Waals surface area contributed by atoms with Crippen molar-refractivity contribution in [1.29, 1.82) is 0 Å². The standard InChI is InChI=1S/C12H5BrF2N2OS/c13-5-1-6(14)10(7(15)2-5)9-3-8-11(19-9)12(18)17-4-16-8/h1-4H,(H,16,17,18). The number of hydrogen-bond donors (Lipinski definition) is 1. The summed E-state index contributed by atoms with van der Waals surface area (Å²) in [5, 5.41) is 0. The zero-order valence-corrected chi connectivity index (χ0v) is 11.6. The largest absolute Gasteiger partial charge is 0.312 e.